The van der Waals surface area contributed by atoms with Crippen LogP contribution in [0.2, 0.25) is 0 Å². The lowest BCUT2D eigenvalue weighted by molar-refractivity contribution is 0.101. The van der Waals surface area contributed by atoms with Crippen molar-refractivity contribution < 1.29 is 9.90 Å². The first-order valence-electron chi connectivity index (χ1n) is 6.61. The number of hydrogen-bond acceptors (Lipinski definition) is 4. The van der Waals surface area contributed by atoms with E-state index in [1.54, 1.807) is 25.1 Å². The molecule has 2 aromatic rings. The highest BCUT2D eigenvalue weighted by molar-refractivity contribution is 6.01. The number of rotatable bonds is 5. The molecular formula is C14H18N4O2. The molecule has 0 saturated heterocycles. The van der Waals surface area contributed by atoms with E-state index < -0.39 is 12.0 Å². The monoisotopic (exact) mass is 274 g/mol. The van der Waals surface area contributed by atoms with Gasteiger partial charge in [0.05, 0.1) is 6.10 Å². The molecule has 0 fully saturated rings. The summed E-state index contributed by atoms with van der Waals surface area (Å²) in [6.07, 6.45) is 1.03. The van der Waals surface area contributed by atoms with Gasteiger partial charge in [-0.15, -0.1) is 5.10 Å². The summed E-state index contributed by atoms with van der Waals surface area (Å²) in [7, 11) is 0. The Labute approximate surface area is 117 Å². The van der Waals surface area contributed by atoms with E-state index in [-0.39, 0.29) is 5.82 Å². The van der Waals surface area contributed by atoms with Crippen molar-refractivity contribution in [2.24, 2.45) is 0 Å². The van der Waals surface area contributed by atoms with E-state index in [4.69, 9.17) is 0 Å². The first-order valence-corrected chi connectivity index (χ1v) is 6.61. The number of aryl methyl sites for hydroxylation is 1. The fourth-order valence-corrected chi connectivity index (χ4v) is 1.90. The van der Waals surface area contributed by atoms with Crippen molar-refractivity contribution in [1.82, 2.24) is 15.2 Å². The molecule has 20 heavy (non-hydrogen) atoms. The molecule has 2 rings (SSSR count). The van der Waals surface area contributed by atoms with Crippen LogP contribution in [0.3, 0.4) is 0 Å². The van der Waals surface area contributed by atoms with Crippen molar-refractivity contribution in [2.75, 3.05) is 5.32 Å². The topological polar surface area (TPSA) is 90.9 Å². The van der Waals surface area contributed by atoms with Gasteiger partial charge in [-0.2, -0.15) is 0 Å². The predicted molar refractivity (Wildman–Crippen MR) is 75.4 cm³/mol. The minimum Gasteiger partial charge on any atom is -0.389 e. The van der Waals surface area contributed by atoms with E-state index >= 15 is 0 Å². The second-order valence-corrected chi connectivity index (χ2v) is 4.57. The standard InChI is InChI=1S/C14H18N4O2/c1-3-6-12-16-13(18-17-12)14(20)15-11-8-5-4-7-10(11)9(2)19/h4-5,7-9,19H,3,6H2,1-2H3,(H,15,20)(H,16,17,18). The number of anilines is 1. The molecule has 0 saturated carbocycles. The quantitative estimate of drug-likeness (QED) is 0.778. The summed E-state index contributed by atoms with van der Waals surface area (Å²) in [5.41, 5.74) is 1.22. The summed E-state index contributed by atoms with van der Waals surface area (Å²) >= 11 is 0. The van der Waals surface area contributed by atoms with Gasteiger partial charge in [0.2, 0.25) is 5.82 Å². The number of aliphatic hydroxyl groups is 1. The second kappa shape index (κ2) is 6.29. The van der Waals surface area contributed by atoms with Crippen LogP contribution in [0.1, 0.15) is 48.4 Å². The van der Waals surface area contributed by atoms with Crippen LogP contribution in [0.15, 0.2) is 24.3 Å². The number of carbonyl (C=O) groups is 1. The van der Waals surface area contributed by atoms with Crippen molar-refractivity contribution in [3.63, 3.8) is 0 Å². The highest BCUT2D eigenvalue weighted by Crippen LogP contribution is 2.22. The van der Waals surface area contributed by atoms with E-state index in [0.29, 0.717) is 17.1 Å². The van der Waals surface area contributed by atoms with Crippen molar-refractivity contribution in [3.8, 4) is 0 Å². The molecule has 0 aliphatic carbocycles. The molecule has 1 aromatic heterocycles. The molecule has 0 bridgehead atoms. The Morgan fingerprint density at radius 3 is 2.90 bits per heavy atom. The van der Waals surface area contributed by atoms with Gasteiger partial charge in [-0.05, 0) is 19.4 Å². The smallest absolute Gasteiger partial charge is 0.295 e. The summed E-state index contributed by atoms with van der Waals surface area (Å²) in [6, 6.07) is 7.10. The van der Waals surface area contributed by atoms with Crippen molar-refractivity contribution >= 4 is 11.6 Å². The van der Waals surface area contributed by atoms with Crippen LogP contribution < -0.4 is 5.32 Å². The number of carbonyl (C=O) groups excluding carboxylic acids is 1. The maximum atomic E-state index is 12.1. The lowest BCUT2D eigenvalue weighted by Crippen LogP contribution is -2.15. The summed E-state index contributed by atoms with van der Waals surface area (Å²) < 4.78 is 0. The molecular weight excluding hydrogens is 256 g/mol. The highest BCUT2D eigenvalue weighted by atomic mass is 16.3. The molecule has 1 amide bonds. The van der Waals surface area contributed by atoms with Gasteiger partial charge in [-0.3, -0.25) is 9.89 Å². The average molecular weight is 274 g/mol. The summed E-state index contributed by atoms with van der Waals surface area (Å²) in [5, 5.41) is 19.0. The molecule has 0 aliphatic heterocycles. The zero-order chi connectivity index (χ0) is 14.5. The minimum atomic E-state index is -0.658. The maximum Gasteiger partial charge on any atom is 0.295 e. The number of benzene rings is 1. The molecule has 0 aliphatic rings. The van der Waals surface area contributed by atoms with Crippen LogP contribution in [0.5, 0.6) is 0 Å². The molecule has 6 nitrogen and oxygen atoms in total. The number of aromatic nitrogens is 3. The normalized spacial score (nSPS) is 12.2. The average Bonchev–Trinajstić information content (AvgIpc) is 2.88. The van der Waals surface area contributed by atoms with Crippen LogP contribution in [-0.4, -0.2) is 26.2 Å². The summed E-state index contributed by atoms with van der Waals surface area (Å²) in [4.78, 5) is 16.2. The van der Waals surface area contributed by atoms with Crippen molar-refractivity contribution in [2.45, 2.75) is 32.8 Å². The third-order valence-corrected chi connectivity index (χ3v) is 2.88. The van der Waals surface area contributed by atoms with Crippen LogP contribution in [-0.2, 0) is 6.42 Å². The first-order chi connectivity index (χ1) is 9.61. The van der Waals surface area contributed by atoms with Crippen LogP contribution >= 0.6 is 0 Å². The molecule has 1 atom stereocenters. The Bertz CT molecular complexity index is 592. The molecule has 1 unspecified atom stereocenters. The number of amides is 1. The minimum absolute atomic E-state index is 0.105. The molecule has 0 radical (unpaired) electrons. The number of hydrogen-bond donors (Lipinski definition) is 3. The third-order valence-electron chi connectivity index (χ3n) is 2.88. The predicted octanol–water partition coefficient (Wildman–Crippen LogP) is 2.06. The maximum absolute atomic E-state index is 12.1. The molecule has 1 heterocycles. The van der Waals surface area contributed by atoms with Gasteiger partial charge in [-0.1, -0.05) is 25.1 Å². The zero-order valence-electron chi connectivity index (χ0n) is 11.6. The Balaban J connectivity index is 2.15. The lowest BCUT2D eigenvalue weighted by atomic mass is 10.1. The molecule has 1 aromatic carbocycles. The zero-order valence-corrected chi connectivity index (χ0v) is 11.6. The van der Waals surface area contributed by atoms with Gasteiger partial charge in [0, 0.05) is 17.7 Å². The molecule has 3 N–H and O–H groups in total. The Kier molecular flexibility index (Phi) is 4.47. The Morgan fingerprint density at radius 2 is 2.20 bits per heavy atom. The number of para-hydroxylation sites is 1. The Morgan fingerprint density at radius 1 is 1.45 bits per heavy atom. The molecule has 6 heteroatoms. The lowest BCUT2D eigenvalue weighted by Gasteiger charge is -2.11. The van der Waals surface area contributed by atoms with Gasteiger partial charge in [0.15, 0.2) is 0 Å². The largest absolute Gasteiger partial charge is 0.389 e. The highest BCUT2D eigenvalue weighted by Gasteiger charge is 2.15. The fraction of sp³-hybridized carbons (Fsp3) is 0.357. The number of nitrogens with one attached hydrogen (secondary N) is 2. The SMILES string of the molecule is CCCc1nc(C(=O)Nc2ccccc2C(C)O)n[nH]1. The number of aliphatic hydroxyl groups excluding tert-OH is 1. The Hall–Kier alpha value is -2.21. The molecule has 106 valence electrons. The third kappa shape index (κ3) is 3.21. The van der Waals surface area contributed by atoms with Gasteiger partial charge in [0.25, 0.3) is 5.91 Å². The van der Waals surface area contributed by atoms with E-state index in [1.165, 1.54) is 0 Å². The van der Waals surface area contributed by atoms with E-state index in [0.717, 1.165) is 12.8 Å². The fourth-order valence-electron chi connectivity index (χ4n) is 1.90. The number of H-pyrrole nitrogens is 1. The van der Waals surface area contributed by atoms with Gasteiger partial charge in [-0.25, -0.2) is 4.98 Å². The summed E-state index contributed by atoms with van der Waals surface area (Å²) in [5.74, 6) is 0.409. The van der Waals surface area contributed by atoms with Gasteiger partial charge in [0.1, 0.15) is 5.82 Å². The number of aromatic amines is 1. The van der Waals surface area contributed by atoms with Crippen LogP contribution in [0, 0.1) is 0 Å². The second-order valence-electron chi connectivity index (χ2n) is 4.57. The van der Waals surface area contributed by atoms with Crippen molar-refractivity contribution in [3.05, 3.63) is 41.5 Å². The van der Waals surface area contributed by atoms with Gasteiger partial charge < -0.3 is 10.4 Å². The van der Waals surface area contributed by atoms with Crippen molar-refractivity contribution in [1.29, 1.82) is 0 Å². The van der Waals surface area contributed by atoms with E-state index in [1.807, 2.05) is 13.0 Å². The van der Waals surface area contributed by atoms with E-state index in [9.17, 15) is 9.90 Å². The van der Waals surface area contributed by atoms with Crippen LogP contribution in [0.25, 0.3) is 0 Å². The van der Waals surface area contributed by atoms with Crippen LogP contribution in [0.4, 0.5) is 5.69 Å². The summed E-state index contributed by atoms with van der Waals surface area (Å²) in [6.45, 7) is 3.68. The number of nitrogens with zero attached hydrogens (tertiary/aromatic N) is 2. The van der Waals surface area contributed by atoms with E-state index in [2.05, 4.69) is 20.5 Å². The first kappa shape index (κ1) is 14.2. The van der Waals surface area contributed by atoms with Gasteiger partial charge >= 0.3 is 0 Å². The molecule has 0 spiro atoms.